The Labute approximate surface area is 73.9 Å². The van der Waals surface area contributed by atoms with Gasteiger partial charge in [0, 0.05) is 6.07 Å². The Hall–Kier alpha value is -1.98. The molecule has 6 nitrogen and oxygen atoms in total. The fourth-order valence-electron chi connectivity index (χ4n) is 0.729. The van der Waals surface area contributed by atoms with Crippen molar-refractivity contribution in [2.24, 2.45) is 5.73 Å². The Bertz CT molecular complexity index is 331. The Morgan fingerprint density at radius 3 is 2.62 bits per heavy atom. The van der Waals surface area contributed by atoms with E-state index in [-0.39, 0.29) is 18.2 Å². The molecule has 5 N–H and O–H groups in total. The molecule has 0 radical (unpaired) electrons. The molecule has 0 spiro atoms. The fourth-order valence-corrected chi connectivity index (χ4v) is 0.729. The maximum absolute atomic E-state index is 11.1. The lowest BCUT2D eigenvalue weighted by Crippen LogP contribution is -2.33. The molecule has 1 heterocycles. The quantitative estimate of drug-likeness (QED) is 0.562. The molecule has 2 amide bonds. The molecule has 1 aromatic heterocycles. The van der Waals surface area contributed by atoms with Gasteiger partial charge in [0.2, 0.25) is 5.91 Å². The monoisotopic (exact) mass is 183 g/mol. The Kier molecular flexibility index (Phi) is 2.53. The van der Waals surface area contributed by atoms with Crippen molar-refractivity contribution in [3.63, 3.8) is 0 Å². The van der Waals surface area contributed by atoms with E-state index in [1.807, 2.05) is 0 Å². The SMILES string of the molecule is NC(=O)CNC(=O)c1ccc(N)o1. The minimum Gasteiger partial charge on any atom is -0.436 e. The zero-order valence-electron chi connectivity index (χ0n) is 6.74. The molecule has 70 valence electrons. The van der Waals surface area contributed by atoms with Gasteiger partial charge in [0.1, 0.15) is 0 Å². The van der Waals surface area contributed by atoms with Crippen molar-refractivity contribution in [3.05, 3.63) is 17.9 Å². The number of hydrogen-bond acceptors (Lipinski definition) is 4. The van der Waals surface area contributed by atoms with Gasteiger partial charge in [-0.05, 0) is 6.07 Å². The molecule has 1 aromatic rings. The Morgan fingerprint density at radius 2 is 2.15 bits per heavy atom. The summed E-state index contributed by atoms with van der Waals surface area (Å²) in [6.07, 6.45) is 0. The smallest absolute Gasteiger partial charge is 0.287 e. The minimum absolute atomic E-state index is 0.0544. The first-order valence-electron chi connectivity index (χ1n) is 3.51. The summed E-state index contributed by atoms with van der Waals surface area (Å²) < 4.78 is 4.79. The van der Waals surface area contributed by atoms with Crippen molar-refractivity contribution in [2.75, 3.05) is 12.3 Å². The predicted octanol–water partition coefficient (Wildman–Crippen LogP) is -0.923. The molecule has 0 bridgehead atoms. The van der Waals surface area contributed by atoms with Gasteiger partial charge in [-0.25, -0.2) is 0 Å². The van der Waals surface area contributed by atoms with E-state index in [2.05, 4.69) is 5.32 Å². The summed E-state index contributed by atoms with van der Waals surface area (Å²) in [4.78, 5) is 21.4. The van der Waals surface area contributed by atoms with Crippen molar-refractivity contribution in [1.29, 1.82) is 0 Å². The highest BCUT2D eigenvalue weighted by atomic mass is 16.4. The Morgan fingerprint density at radius 1 is 1.46 bits per heavy atom. The molecular formula is C7H9N3O3. The minimum atomic E-state index is -0.618. The number of primary amides is 1. The molecule has 0 atom stereocenters. The number of rotatable bonds is 3. The fraction of sp³-hybridized carbons (Fsp3) is 0.143. The second-order valence-corrected chi connectivity index (χ2v) is 2.35. The summed E-state index contributed by atoms with van der Waals surface area (Å²) in [6.45, 7) is -0.223. The van der Waals surface area contributed by atoms with E-state index < -0.39 is 11.8 Å². The van der Waals surface area contributed by atoms with Crippen LogP contribution in [0.15, 0.2) is 16.5 Å². The van der Waals surface area contributed by atoms with Gasteiger partial charge in [-0.15, -0.1) is 0 Å². The number of furan rings is 1. The van der Waals surface area contributed by atoms with E-state index in [0.717, 1.165) is 0 Å². The van der Waals surface area contributed by atoms with Crippen LogP contribution in [-0.4, -0.2) is 18.4 Å². The largest absolute Gasteiger partial charge is 0.436 e. The summed E-state index contributed by atoms with van der Waals surface area (Å²) in [7, 11) is 0. The van der Waals surface area contributed by atoms with E-state index in [9.17, 15) is 9.59 Å². The van der Waals surface area contributed by atoms with E-state index in [1.54, 1.807) is 0 Å². The van der Waals surface area contributed by atoms with Crippen LogP contribution in [0.1, 0.15) is 10.6 Å². The average molecular weight is 183 g/mol. The zero-order valence-corrected chi connectivity index (χ0v) is 6.74. The summed E-state index contributed by atoms with van der Waals surface area (Å²) in [6, 6.07) is 2.85. The lowest BCUT2D eigenvalue weighted by Gasteiger charge is -1.97. The van der Waals surface area contributed by atoms with Gasteiger partial charge in [-0.2, -0.15) is 0 Å². The highest BCUT2D eigenvalue weighted by molar-refractivity contribution is 5.94. The van der Waals surface area contributed by atoms with Gasteiger partial charge >= 0.3 is 0 Å². The van der Waals surface area contributed by atoms with Crippen LogP contribution < -0.4 is 16.8 Å². The highest BCUT2D eigenvalue weighted by Gasteiger charge is 2.09. The molecule has 0 saturated carbocycles. The van der Waals surface area contributed by atoms with Crippen LogP contribution in [0.4, 0.5) is 5.88 Å². The molecule has 0 saturated heterocycles. The van der Waals surface area contributed by atoms with Gasteiger partial charge in [0.25, 0.3) is 5.91 Å². The van der Waals surface area contributed by atoms with Crippen molar-refractivity contribution >= 4 is 17.7 Å². The second kappa shape index (κ2) is 3.61. The summed E-state index contributed by atoms with van der Waals surface area (Å²) in [5.74, 6) is -0.939. The van der Waals surface area contributed by atoms with Crippen molar-refractivity contribution in [3.8, 4) is 0 Å². The van der Waals surface area contributed by atoms with Crippen LogP contribution in [0.25, 0.3) is 0 Å². The lowest BCUT2D eigenvalue weighted by molar-refractivity contribution is -0.117. The molecule has 0 unspecified atom stereocenters. The molecule has 0 aliphatic rings. The molecular weight excluding hydrogens is 174 g/mol. The van der Waals surface area contributed by atoms with E-state index in [4.69, 9.17) is 15.9 Å². The van der Waals surface area contributed by atoms with Crippen LogP contribution in [-0.2, 0) is 4.79 Å². The molecule has 0 fully saturated rings. The van der Waals surface area contributed by atoms with Crippen LogP contribution in [0.2, 0.25) is 0 Å². The van der Waals surface area contributed by atoms with E-state index >= 15 is 0 Å². The maximum Gasteiger partial charge on any atom is 0.287 e. The maximum atomic E-state index is 11.1. The third kappa shape index (κ3) is 2.51. The number of nitrogen functional groups attached to an aromatic ring is 1. The number of anilines is 1. The summed E-state index contributed by atoms with van der Waals surface area (Å²) in [5, 5.41) is 2.25. The number of amides is 2. The van der Waals surface area contributed by atoms with Crippen molar-refractivity contribution in [2.45, 2.75) is 0 Å². The van der Waals surface area contributed by atoms with Crippen LogP contribution in [0.5, 0.6) is 0 Å². The normalized spacial score (nSPS) is 9.54. The number of nitrogens with one attached hydrogen (secondary N) is 1. The standard InChI is InChI=1S/C7H9N3O3/c8-5(11)3-10-7(12)4-1-2-6(9)13-4/h1-2H,3,9H2,(H2,8,11)(H,10,12). The van der Waals surface area contributed by atoms with Gasteiger partial charge in [-0.1, -0.05) is 0 Å². The third-order valence-electron chi connectivity index (χ3n) is 1.27. The molecule has 0 aromatic carbocycles. The van der Waals surface area contributed by atoms with Crippen LogP contribution in [0.3, 0.4) is 0 Å². The predicted molar refractivity (Wildman–Crippen MR) is 44.6 cm³/mol. The van der Waals surface area contributed by atoms with E-state index in [1.165, 1.54) is 12.1 Å². The first-order chi connectivity index (χ1) is 6.09. The molecule has 0 aliphatic heterocycles. The zero-order chi connectivity index (χ0) is 9.84. The number of carbonyl (C=O) groups excluding carboxylic acids is 2. The topological polar surface area (TPSA) is 111 Å². The molecule has 6 heteroatoms. The van der Waals surface area contributed by atoms with Crippen LogP contribution >= 0.6 is 0 Å². The Balaban J connectivity index is 2.54. The molecule has 0 aliphatic carbocycles. The summed E-state index contributed by atoms with van der Waals surface area (Å²) in [5.41, 5.74) is 10.0. The van der Waals surface area contributed by atoms with Gasteiger partial charge in [0.05, 0.1) is 6.54 Å². The average Bonchev–Trinajstić information content (AvgIpc) is 2.47. The van der Waals surface area contributed by atoms with Gasteiger partial charge < -0.3 is 21.2 Å². The summed E-state index contributed by atoms with van der Waals surface area (Å²) >= 11 is 0. The van der Waals surface area contributed by atoms with E-state index in [0.29, 0.717) is 0 Å². The number of carbonyl (C=O) groups is 2. The number of hydrogen-bond donors (Lipinski definition) is 3. The first kappa shape index (κ1) is 9.11. The second-order valence-electron chi connectivity index (χ2n) is 2.35. The van der Waals surface area contributed by atoms with Crippen molar-refractivity contribution < 1.29 is 14.0 Å². The number of nitrogens with two attached hydrogens (primary N) is 2. The lowest BCUT2D eigenvalue weighted by atomic mass is 10.4. The first-order valence-corrected chi connectivity index (χ1v) is 3.51. The highest BCUT2D eigenvalue weighted by Crippen LogP contribution is 2.08. The molecule has 13 heavy (non-hydrogen) atoms. The van der Waals surface area contributed by atoms with Gasteiger partial charge in [0.15, 0.2) is 11.6 Å². The third-order valence-corrected chi connectivity index (χ3v) is 1.27. The van der Waals surface area contributed by atoms with Crippen molar-refractivity contribution in [1.82, 2.24) is 5.32 Å². The van der Waals surface area contributed by atoms with Crippen LogP contribution in [0, 0.1) is 0 Å². The molecule has 1 rings (SSSR count). The van der Waals surface area contributed by atoms with Gasteiger partial charge in [-0.3, -0.25) is 9.59 Å².